The largest absolute Gasteiger partial charge is 0.396 e. The van der Waals surface area contributed by atoms with Crippen molar-refractivity contribution in [3.05, 3.63) is 41.5 Å². The molecule has 70 valence electrons. The summed E-state index contributed by atoms with van der Waals surface area (Å²) in [7, 11) is 0. The molecule has 0 fully saturated rings. The van der Waals surface area contributed by atoms with Gasteiger partial charge >= 0.3 is 0 Å². The monoisotopic (exact) mass is 177 g/mol. The van der Waals surface area contributed by atoms with Gasteiger partial charge in [-0.15, -0.1) is 0 Å². The highest BCUT2D eigenvalue weighted by atomic mass is 16.2. The molecular formula is C11H15NO. The van der Waals surface area contributed by atoms with Gasteiger partial charge in [0.25, 0.3) is 0 Å². The van der Waals surface area contributed by atoms with Gasteiger partial charge in [0.05, 0.1) is 0 Å². The molecule has 1 aromatic rings. The van der Waals surface area contributed by atoms with E-state index in [1.807, 2.05) is 36.4 Å². The molecule has 0 aliphatic rings. The highest BCUT2D eigenvalue weighted by molar-refractivity contribution is 5.49. The molecule has 0 unspecified atom stereocenters. The summed E-state index contributed by atoms with van der Waals surface area (Å²) in [5.41, 5.74) is 7.75. The molecule has 2 heteroatoms. The Kier molecular flexibility index (Phi) is 4.23. The number of hydrogen-bond donors (Lipinski definition) is 2. The number of hydrogen-bond acceptors (Lipinski definition) is 2. The van der Waals surface area contributed by atoms with E-state index < -0.39 is 0 Å². The molecule has 0 aromatic heterocycles. The van der Waals surface area contributed by atoms with Gasteiger partial charge in [-0.05, 0) is 17.5 Å². The second kappa shape index (κ2) is 5.51. The van der Waals surface area contributed by atoms with E-state index in [-0.39, 0.29) is 6.61 Å². The molecule has 0 saturated carbocycles. The first-order valence-electron chi connectivity index (χ1n) is 4.43. The van der Waals surface area contributed by atoms with E-state index in [1.54, 1.807) is 0 Å². The fraction of sp³-hybridized carbons (Fsp3) is 0.273. The van der Waals surface area contributed by atoms with E-state index in [0.717, 1.165) is 11.1 Å². The summed E-state index contributed by atoms with van der Waals surface area (Å²) in [6.07, 6.45) is 4.66. The zero-order valence-corrected chi connectivity index (χ0v) is 7.61. The topological polar surface area (TPSA) is 46.2 Å². The highest BCUT2D eigenvalue weighted by Crippen LogP contribution is 2.05. The molecule has 0 amide bonds. The maximum Gasteiger partial charge on any atom is 0.0465 e. The summed E-state index contributed by atoms with van der Waals surface area (Å²) in [5, 5.41) is 8.56. The molecule has 0 radical (unpaired) electrons. The van der Waals surface area contributed by atoms with Crippen LogP contribution in [-0.4, -0.2) is 11.7 Å². The van der Waals surface area contributed by atoms with Crippen molar-refractivity contribution >= 4 is 6.08 Å². The van der Waals surface area contributed by atoms with Crippen LogP contribution in [0, 0.1) is 0 Å². The zero-order valence-electron chi connectivity index (χ0n) is 7.61. The molecule has 0 saturated heterocycles. The van der Waals surface area contributed by atoms with Crippen molar-refractivity contribution < 1.29 is 5.11 Å². The van der Waals surface area contributed by atoms with Crippen molar-refractivity contribution in [3.8, 4) is 0 Å². The Morgan fingerprint density at radius 3 is 2.46 bits per heavy atom. The molecule has 0 heterocycles. The van der Waals surface area contributed by atoms with Gasteiger partial charge in [-0.1, -0.05) is 36.4 Å². The maximum atomic E-state index is 8.56. The van der Waals surface area contributed by atoms with E-state index in [0.29, 0.717) is 13.0 Å². The Morgan fingerprint density at radius 2 is 1.92 bits per heavy atom. The lowest BCUT2D eigenvalue weighted by Crippen LogP contribution is -1.94. The van der Waals surface area contributed by atoms with E-state index in [9.17, 15) is 0 Å². The third-order valence-electron chi connectivity index (χ3n) is 1.82. The van der Waals surface area contributed by atoms with Crippen LogP contribution in [0.4, 0.5) is 0 Å². The first-order chi connectivity index (χ1) is 6.36. The van der Waals surface area contributed by atoms with Crippen molar-refractivity contribution in [2.75, 3.05) is 6.61 Å². The SMILES string of the molecule is NCc1ccc(C=CCCO)cc1. The average molecular weight is 177 g/mol. The van der Waals surface area contributed by atoms with Gasteiger partial charge in [0.15, 0.2) is 0 Å². The van der Waals surface area contributed by atoms with Crippen LogP contribution < -0.4 is 5.73 Å². The normalized spacial score (nSPS) is 10.9. The maximum absolute atomic E-state index is 8.56. The predicted molar refractivity (Wildman–Crippen MR) is 55.1 cm³/mol. The minimum absolute atomic E-state index is 0.206. The fourth-order valence-electron chi connectivity index (χ4n) is 1.06. The summed E-state index contributed by atoms with van der Waals surface area (Å²) < 4.78 is 0. The van der Waals surface area contributed by atoms with Gasteiger partial charge in [0.2, 0.25) is 0 Å². The highest BCUT2D eigenvalue weighted by Gasteiger charge is 1.88. The van der Waals surface area contributed by atoms with E-state index in [1.165, 1.54) is 0 Å². The molecule has 0 atom stereocenters. The van der Waals surface area contributed by atoms with E-state index in [2.05, 4.69) is 0 Å². The number of aliphatic hydroxyl groups is 1. The molecule has 2 nitrogen and oxygen atoms in total. The van der Waals surface area contributed by atoms with Crippen LogP contribution in [0.1, 0.15) is 17.5 Å². The average Bonchev–Trinajstić information content (AvgIpc) is 2.19. The van der Waals surface area contributed by atoms with Crippen LogP contribution >= 0.6 is 0 Å². The lowest BCUT2D eigenvalue weighted by Gasteiger charge is -1.96. The third-order valence-corrected chi connectivity index (χ3v) is 1.82. The molecule has 13 heavy (non-hydrogen) atoms. The van der Waals surface area contributed by atoms with Gasteiger partial charge in [-0.2, -0.15) is 0 Å². The lowest BCUT2D eigenvalue weighted by atomic mass is 10.1. The molecule has 1 rings (SSSR count). The Labute approximate surface area is 78.7 Å². The molecule has 0 spiro atoms. The van der Waals surface area contributed by atoms with Gasteiger partial charge in [-0.25, -0.2) is 0 Å². The summed E-state index contributed by atoms with van der Waals surface area (Å²) in [6.45, 7) is 0.790. The number of benzene rings is 1. The Morgan fingerprint density at radius 1 is 1.23 bits per heavy atom. The van der Waals surface area contributed by atoms with E-state index in [4.69, 9.17) is 10.8 Å². The summed E-state index contributed by atoms with van der Waals surface area (Å²) in [4.78, 5) is 0. The number of nitrogens with two attached hydrogens (primary N) is 1. The molecule has 3 N–H and O–H groups in total. The molecule has 0 aliphatic carbocycles. The molecule has 1 aromatic carbocycles. The van der Waals surface area contributed by atoms with Crippen molar-refractivity contribution in [1.29, 1.82) is 0 Å². The van der Waals surface area contributed by atoms with Crippen molar-refractivity contribution in [2.45, 2.75) is 13.0 Å². The smallest absolute Gasteiger partial charge is 0.0465 e. The van der Waals surface area contributed by atoms with Crippen LogP contribution in [-0.2, 0) is 6.54 Å². The molecule has 0 bridgehead atoms. The number of rotatable bonds is 4. The number of aliphatic hydroxyl groups excluding tert-OH is 1. The minimum atomic E-state index is 0.206. The quantitative estimate of drug-likeness (QED) is 0.732. The fourth-order valence-corrected chi connectivity index (χ4v) is 1.06. The van der Waals surface area contributed by atoms with Gasteiger partial charge in [-0.3, -0.25) is 0 Å². The first-order valence-corrected chi connectivity index (χ1v) is 4.43. The Balaban J connectivity index is 2.58. The van der Waals surface area contributed by atoms with Crippen LogP contribution in [0.5, 0.6) is 0 Å². The summed E-state index contributed by atoms with van der Waals surface area (Å²) in [5.74, 6) is 0. The van der Waals surface area contributed by atoms with Crippen molar-refractivity contribution in [1.82, 2.24) is 0 Å². The van der Waals surface area contributed by atoms with Gasteiger partial charge in [0.1, 0.15) is 0 Å². The van der Waals surface area contributed by atoms with Crippen molar-refractivity contribution in [3.63, 3.8) is 0 Å². The Bertz CT molecular complexity index is 264. The van der Waals surface area contributed by atoms with Crippen LogP contribution in [0.15, 0.2) is 30.3 Å². The minimum Gasteiger partial charge on any atom is -0.396 e. The van der Waals surface area contributed by atoms with Crippen molar-refractivity contribution in [2.24, 2.45) is 5.73 Å². The van der Waals surface area contributed by atoms with Crippen LogP contribution in [0.2, 0.25) is 0 Å². The standard InChI is InChI=1S/C11H15NO/c12-9-11-6-4-10(5-7-11)3-1-2-8-13/h1,3-7,13H,2,8-9,12H2. The second-order valence-corrected chi connectivity index (χ2v) is 2.86. The van der Waals surface area contributed by atoms with Gasteiger partial charge < -0.3 is 10.8 Å². The third kappa shape index (κ3) is 3.40. The van der Waals surface area contributed by atoms with Gasteiger partial charge in [0, 0.05) is 13.2 Å². The van der Waals surface area contributed by atoms with Crippen LogP contribution in [0.3, 0.4) is 0 Å². The molecular weight excluding hydrogens is 162 g/mol. The molecule has 0 aliphatic heterocycles. The van der Waals surface area contributed by atoms with E-state index >= 15 is 0 Å². The lowest BCUT2D eigenvalue weighted by molar-refractivity contribution is 0.303. The predicted octanol–water partition coefficient (Wildman–Crippen LogP) is 1.54. The first kappa shape index (κ1) is 9.96. The zero-order chi connectivity index (χ0) is 9.52. The summed E-state index contributed by atoms with van der Waals surface area (Å²) >= 11 is 0. The summed E-state index contributed by atoms with van der Waals surface area (Å²) in [6, 6.07) is 8.07. The second-order valence-electron chi connectivity index (χ2n) is 2.86. The van der Waals surface area contributed by atoms with Crippen LogP contribution in [0.25, 0.3) is 6.08 Å². The Hall–Kier alpha value is -1.12.